The molecule has 1 aromatic carbocycles. The number of halogens is 1. The molecule has 0 bridgehead atoms. The average Bonchev–Trinajstić information content (AvgIpc) is 3.17. The van der Waals surface area contributed by atoms with Gasteiger partial charge in [-0.15, -0.1) is 0 Å². The standard InChI is InChI=1S/C15H18BrN3O2/c1-3-15(6-7-17-9-15)14-18-13(19-21-14)10-4-5-12(20-2)11(16)8-10/h4-5,8,17H,3,6-7,9H2,1-2H3. The predicted molar refractivity (Wildman–Crippen MR) is 83.4 cm³/mol. The second kappa shape index (κ2) is 5.77. The Morgan fingerprint density at radius 1 is 1.48 bits per heavy atom. The fourth-order valence-electron chi connectivity index (χ4n) is 2.74. The number of methoxy groups -OCH3 is 1. The Hall–Kier alpha value is -1.40. The normalized spacial score (nSPS) is 21.7. The van der Waals surface area contributed by atoms with Crippen LogP contribution in [-0.2, 0) is 5.41 Å². The molecule has 3 rings (SSSR count). The maximum Gasteiger partial charge on any atom is 0.234 e. The average molecular weight is 352 g/mol. The summed E-state index contributed by atoms with van der Waals surface area (Å²) in [6, 6.07) is 5.77. The highest BCUT2D eigenvalue weighted by Gasteiger charge is 2.39. The van der Waals surface area contributed by atoms with Gasteiger partial charge in [-0.1, -0.05) is 12.1 Å². The summed E-state index contributed by atoms with van der Waals surface area (Å²) >= 11 is 3.48. The number of aromatic nitrogens is 2. The lowest BCUT2D eigenvalue weighted by molar-refractivity contribution is 0.285. The van der Waals surface area contributed by atoms with Crippen LogP contribution in [0, 0.1) is 0 Å². The highest BCUT2D eigenvalue weighted by atomic mass is 79.9. The molecule has 0 radical (unpaired) electrons. The molecule has 1 fully saturated rings. The molecule has 2 heterocycles. The van der Waals surface area contributed by atoms with Crippen LogP contribution >= 0.6 is 15.9 Å². The molecule has 5 nitrogen and oxygen atoms in total. The van der Waals surface area contributed by atoms with Crippen molar-refractivity contribution in [2.75, 3.05) is 20.2 Å². The van der Waals surface area contributed by atoms with Crippen molar-refractivity contribution in [1.29, 1.82) is 0 Å². The SMILES string of the molecule is CCC1(c2nc(-c3ccc(OC)c(Br)c3)no2)CCNC1. The van der Waals surface area contributed by atoms with E-state index in [1.807, 2.05) is 18.2 Å². The summed E-state index contributed by atoms with van der Waals surface area (Å²) < 4.78 is 11.7. The summed E-state index contributed by atoms with van der Waals surface area (Å²) in [7, 11) is 1.64. The zero-order valence-corrected chi connectivity index (χ0v) is 13.7. The maximum atomic E-state index is 5.55. The minimum atomic E-state index is -0.0189. The summed E-state index contributed by atoms with van der Waals surface area (Å²) in [5, 5.41) is 7.53. The van der Waals surface area contributed by atoms with Crippen molar-refractivity contribution in [3.05, 3.63) is 28.6 Å². The minimum Gasteiger partial charge on any atom is -0.496 e. The molecule has 0 saturated carbocycles. The molecule has 1 N–H and O–H groups in total. The fraction of sp³-hybridized carbons (Fsp3) is 0.467. The number of ether oxygens (including phenoxy) is 1. The Kier molecular flexibility index (Phi) is 3.99. The van der Waals surface area contributed by atoms with E-state index in [-0.39, 0.29) is 5.41 Å². The number of benzene rings is 1. The van der Waals surface area contributed by atoms with Crippen LogP contribution in [0.5, 0.6) is 5.75 Å². The smallest absolute Gasteiger partial charge is 0.234 e. The predicted octanol–water partition coefficient (Wildman–Crippen LogP) is 3.15. The van der Waals surface area contributed by atoms with Gasteiger partial charge in [0.1, 0.15) is 5.75 Å². The molecule has 1 aromatic heterocycles. The van der Waals surface area contributed by atoms with Crippen LogP contribution in [0.15, 0.2) is 27.2 Å². The fourth-order valence-corrected chi connectivity index (χ4v) is 3.28. The van der Waals surface area contributed by atoms with Crippen molar-refractivity contribution in [2.24, 2.45) is 0 Å². The van der Waals surface area contributed by atoms with Crippen molar-refractivity contribution >= 4 is 15.9 Å². The summed E-state index contributed by atoms with van der Waals surface area (Å²) in [4.78, 5) is 4.62. The Labute approximate surface area is 132 Å². The van der Waals surface area contributed by atoms with E-state index in [9.17, 15) is 0 Å². The van der Waals surface area contributed by atoms with Gasteiger partial charge in [0.2, 0.25) is 11.7 Å². The van der Waals surface area contributed by atoms with Crippen LogP contribution in [0.25, 0.3) is 11.4 Å². The van der Waals surface area contributed by atoms with Crippen LogP contribution in [0.3, 0.4) is 0 Å². The van der Waals surface area contributed by atoms with Crippen molar-refractivity contribution < 1.29 is 9.26 Å². The molecule has 0 spiro atoms. The molecule has 6 heteroatoms. The van der Waals surface area contributed by atoms with E-state index < -0.39 is 0 Å². The van der Waals surface area contributed by atoms with E-state index in [4.69, 9.17) is 9.26 Å². The Bertz CT molecular complexity index is 636. The second-order valence-electron chi connectivity index (χ2n) is 5.33. The van der Waals surface area contributed by atoms with Crippen molar-refractivity contribution in [3.63, 3.8) is 0 Å². The van der Waals surface area contributed by atoms with Crippen molar-refractivity contribution in [2.45, 2.75) is 25.2 Å². The van der Waals surface area contributed by atoms with Crippen LogP contribution in [-0.4, -0.2) is 30.3 Å². The quantitative estimate of drug-likeness (QED) is 0.916. The van der Waals surface area contributed by atoms with Crippen molar-refractivity contribution in [3.8, 4) is 17.1 Å². The number of hydrogen-bond acceptors (Lipinski definition) is 5. The number of nitrogens with zero attached hydrogens (tertiary/aromatic N) is 2. The first-order chi connectivity index (χ1) is 10.2. The molecular weight excluding hydrogens is 334 g/mol. The van der Waals surface area contributed by atoms with Gasteiger partial charge in [-0.05, 0) is 53.5 Å². The maximum absolute atomic E-state index is 5.55. The first kappa shape index (κ1) is 14.5. The lowest BCUT2D eigenvalue weighted by Crippen LogP contribution is -2.28. The molecule has 21 heavy (non-hydrogen) atoms. The first-order valence-corrected chi connectivity index (χ1v) is 7.86. The summed E-state index contributed by atoms with van der Waals surface area (Å²) in [5.41, 5.74) is 0.893. The van der Waals surface area contributed by atoms with Gasteiger partial charge in [0.15, 0.2) is 0 Å². The second-order valence-corrected chi connectivity index (χ2v) is 6.19. The number of nitrogens with one attached hydrogen (secondary N) is 1. The van der Waals surface area contributed by atoms with E-state index in [2.05, 4.69) is 38.3 Å². The monoisotopic (exact) mass is 351 g/mol. The van der Waals surface area contributed by atoms with E-state index in [1.54, 1.807) is 7.11 Å². The molecule has 2 aromatic rings. The molecule has 0 aliphatic carbocycles. The van der Waals surface area contributed by atoms with Gasteiger partial charge < -0.3 is 14.6 Å². The van der Waals surface area contributed by atoms with Gasteiger partial charge in [-0.25, -0.2) is 0 Å². The van der Waals surface area contributed by atoms with Crippen molar-refractivity contribution in [1.82, 2.24) is 15.5 Å². The Balaban J connectivity index is 1.93. The van der Waals surface area contributed by atoms with Gasteiger partial charge in [-0.3, -0.25) is 0 Å². The topological polar surface area (TPSA) is 60.2 Å². The molecule has 1 atom stereocenters. The Morgan fingerprint density at radius 3 is 2.95 bits per heavy atom. The van der Waals surface area contributed by atoms with Gasteiger partial charge in [0, 0.05) is 12.1 Å². The summed E-state index contributed by atoms with van der Waals surface area (Å²) in [6.07, 6.45) is 2.03. The van der Waals surface area contributed by atoms with Gasteiger partial charge in [-0.2, -0.15) is 4.98 Å². The molecular formula is C15H18BrN3O2. The van der Waals surface area contributed by atoms with Crippen LogP contribution in [0.1, 0.15) is 25.7 Å². The summed E-state index contributed by atoms with van der Waals surface area (Å²) in [5.74, 6) is 2.14. The minimum absolute atomic E-state index is 0.0189. The molecule has 1 unspecified atom stereocenters. The molecule has 1 aliphatic rings. The highest BCUT2D eigenvalue weighted by molar-refractivity contribution is 9.10. The first-order valence-electron chi connectivity index (χ1n) is 7.07. The lowest BCUT2D eigenvalue weighted by Gasteiger charge is -2.20. The van der Waals surface area contributed by atoms with E-state index in [0.29, 0.717) is 5.82 Å². The van der Waals surface area contributed by atoms with Gasteiger partial charge in [0.25, 0.3) is 0 Å². The third-order valence-electron chi connectivity index (χ3n) is 4.21. The van der Waals surface area contributed by atoms with E-state index in [1.165, 1.54) is 0 Å². The third kappa shape index (κ3) is 2.58. The zero-order valence-electron chi connectivity index (χ0n) is 12.1. The van der Waals surface area contributed by atoms with E-state index >= 15 is 0 Å². The molecule has 1 saturated heterocycles. The van der Waals surface area contributed by atoms with Gasteiger partial charge >= 0.3 is 0 Å². The third-order valence-corrected chi connectivity index (χ3v) is 4.83. The van der Waals surface area contributed by atoms with Crippen LogP contribution in [0.4, 0.5) is 0 Å². The molecule has 112 valence electrons. The van der Waals surface area contributed by atoms with Crippen LogP contribution < -0.4 is 10.1 Å². The Morgan fingerprint density at radius 2 is 2.33 bits per heavy atom. The lowest BCUT2D eigenvalue weighted by atomic mass is 9.84. The van der Waals surface area contributed by atoms with Crippen LogP contribution in [0.2, 0.25) is 0 Å². The highest BCUT2D eigenvalue weighted by Crippen LogP contribution is 2.35. The van der Waals surface area contributed by atoms with Gasteiger partial charge in [0.05, 0.1) is 17.0 Å². The number of rotatable bonds is 4. The van der Waals surface area contributed by atoms with E-state index in [0.717, 1.165) is 47.6 Å². The molecule has 0 amide bonds. The largest absolute Gasteiger partial charge is 0.496 e. The number of hydrogen-bond donors (Lipinski definition) is 1. The summed E-state index contributed by atoms with van der Waals surface area (Å²) in [6.45, 7) is 4.07. The molecule has 1 aliphatic heterocycles. The zero-order chi connectivity index (χ0) is 14.9.